The maximum Gasteiger partial charge on any atom is 0.417 e. The van der Waals surface area contributed by atoms with Gasteiger partial charge in [0.25, 0.3) is 5.91 Å². The van der Waals surface area contributed by atoms with Crippen molar-refractivity contribution < 1.29 is 45.8 Å². The number of amides is 1. The van der Waals surface area contributed by atoms with Crippen molar-refractivity contribution in [3.8, 4) is 17.0 Å². The minimum absolute atomic E-state index is 0.00448. The Morgan fingerprint density at radius 1 is 0.974 bits per heavy atom. The van der Waals surface area contributed by atoms with Crippen molar-refractivity contribution in [2.75, 3.05) is 13.2 Å². The molecule has 0 spiro atoms. The van der Waals surface area contributed by atoms with Gasteiger partial charge < -0.3 is 15.2 Å². The number of carboxylic acids is 1. The number of carbonyl (C=O) groups is 2. The number of rotatable bonds is 11. The molecular formula is C26H22F6N2O4. The van der Waals surface area contributed by atoms with E-state index in [1.165, 1.54) is 12.1 Å². The minimum atomic E-state index is -4.67. The molecule has 3 aromatic rings. The summed E-state index contributed by atoms with van der Waals surface area (Å²) in [4.78, 5) is 25.8. The number of alkyl halides is 3. The number of aromatic nitrogens is 1. The van der Waals surface area contributed by atoms with Crippen molar-refractivity contribution in [3.05, 3.63) is 82.8 Å². The monoisotopic (exact) mass is 540 g/mol. The quantitative estimate of drug-likeness (QED) is 0.183. The molecule has 1 amide bonds. The van der Waals surface area contributed by atoms with Gasteiger partial charge in [0.2, 0.25) is 0 Å². The Bertz CT molecular complexity index is 1280. The number of benzene rings is 2. The van der Waals surface area contributed by atoms with Crippen LogP contribution in [0.4, 0.5) is 26.3 Å². The summed E-state index contributed by atoms with van der Waals surface area (Å²) < 4.78 is 87.3. The van der Waals surface area contributed by atoms with E-state index in [9.17, 15) is 35.9 Å². The van der Waals surface area contributed by atoms with E-state index in [0.717, 1.165) is 12.1 Å². The minimum Gasteiger partial charge on any atom is -0.494 e. The second-order valence-electron chi connectivity index (χ2n) is 8.18. The van der Waals surface area contributed by atoms with Crippen LogP contribution in [-0.2, 0) is 17.4 Å². The summed E-state index contributed by atoms with van der Waals surface area (Å²) in [5.74, 6) is -4.99. The van der Waals surface area contributed by atoms with Crippen molar-refractivity contribution in [1.29, 1.82) is 0 Å². The number of carboxylic acid groups (broad SMARTS) is 1. The number of carbonyl (C=O) groups excluding carboxylic acids is 1. The third-order valence-electron chi connectivity index (χ3n) is 5.43. The topological polar surface area (TPSA) is 88.5 Å². The van der Waals surface area contributed by atoms with Crippen LogP contribution in [0, 0.1) is 17.5 Å². The average molecular weight is 540 g/mol. The van der Waals surface area contributed by atoms with Crippen LogP contribution in [0.2, 0.25) is 0 Å². The predicted octanol–water partition coefficient (Wildman–Crippen LogP) is 5.79. The average Bonchev–Trinajstić information content (AvgIpc) is 2.86. The van der Waals surface area contributed by atoms with Gasteiger partial charge >= 0.3 is 12.1 Å². The van der Waals surface area contributed by atoms with E-state index in [1.807, 2.05) is 0 Å². The third-order valence-corrected chi connectivity index (χ3v) is 5.43. The lowest BCUT2D eigenvalue weighted by Gasteiger charge is -2.11. The lowest BCUT2D eigenvalue weighted by molar-refractivity contribution is -0.138. The lowest BCUT2D eigenvalue weighted by atomic mass is 10.0. The first-order valence-electron chi connectivity index (χ1n) is 11.4. The van der Waals surface area contributed by atoms with Crippen LogP contribution < -0.4 is 10.1 Å². The van der Waals surface area contributed by atoms with E-state index in [1.54, 1.807) is 12.1 Å². The number of hydrogen-bond donors (Lipinski definition) is 2. The first-order chi connectivity index (χ1) is 18.0. The standard InChI is InChI=1S/C26H22F6N2O4/c27-19-13-16(23(28)24(29)22(19)20-9-6-17(14-34-20)26(30,31)32)3-1-2-12-38-18-7-4-15(5-8-18)25(37)33-11-10-21(35)36/h4-9,13-14H,1-3,10-12H2,(H,33,37)(H,35,36). The van der Waals surface area contributed by atoms with E-state index < -0.39 is 52.3 Å². The molecule has 1 aromatic heterocycles. The van der Waals surface area contributed by atoms with Gasteiger partial charge in [-0.3, -0.25) is 14.6 Å². The molecule has 2 N–H and O–H groups in total. The van der Waals surface area contributed by atoms with Crippen LogP contribution in [0.1, 0.15) is 40.7 Å². The van der Waals surface area contributed by atoms with Crippen LogP contribution in [0.25, 0.3) is 11.3 Å². The highest BCUT2D eigenvalue weighted by Gasteiger charge is 2.31. The number of ether oxygens (including phenoxy) is 1. The number of pyridine rings is 1. The molecule has 6 nitrogen and oxygen atoms in total. The number of unbranched alkanes of at least 4 members (excludes halogenated alkanes) is 1. The van der Waals surface area contributed by atoms with Crippen LogP contribution in [0.3, 0.4) is 0 Å². The van der Waals surface area contributed by atoms with Gasteiger partial charge in [-0.1, -0.05) is 0 Å². The number of nitrogens with one attached hydrogen (secondary N) is 1. The Labute approximate surface area is 213 Å². The van der Waals surface area contributed by atoms with Gasteiger partial charge in [0, 0.05) is 18.3 Å². The highest BCUT2D eigenvalue weighted by Crippen LogP contribution is 2.32. The van der Waals surface area contributed by atoms with Gasteiger partial charge in [0.1, 0.15) is 11.6 Å². The van der Waals surface area contributed by atoms with Crippen molar-refractivity contribution in [1.82, 2.24) is 10.3 Å². The SMILES string of the molecule is O=C(O)CCNC(=O)c1ccc(OCCCCc2cc(F)c(-c3ccc(C(F)(F)F)cn3)c(F)c2F)cc1. The van der Waals surface area contributed by atoms with E-state index in [2.05, 4.69) is 10.3 Å². The molecule has 12 heteroatoms. The van der Waals surface area contributed by atoms with E-state index in [0.29, 0.717) is 36.4 Å². The van der Waals surface area contributed by atoms with Gasteiger partial charge in [-0.05, 0) is 67.3 Å². The molecule has 1 heterocycles. The van der Waals surface area contributed by atoms with Gasteiger partial charge in [-0.25, -0.2) is 13.2 Å². The zero-order valence-corrected chi connectivity index (χ0v) is 19.7. The highest BCUT2D eigenvalue weighted by molar-refractivity contribution is 5.94. The number of hydrogen-bond acceptors (Lipinski definition) is 4. The maximum absolute atomic E-state index is 14.6. The molecule has 0 saturated carbocycles. The fourth-order valence-corrected chi connectivity index (χ4v) is 3.47. The summed E-state index contributed by atoms with van der Waals surface area (Å²) in [6.45, 7) is 0.194. The van der Waals surface area contributed by atoms with Gasteiger partial charge in [0.05, 0.1) is 29.8 Å². The van der Waals surface area contributed by atoms with Crippen LogP contribution in [0.5, 0.6) is 5.75 Å². The van der Waals surface area contributed by atoms with Gasteiger partial charge in [0.15, 0.2) is 11.6 Å². The van der Waals surface area contributed by atoms with Crippen LogP contribution in [-0.4, -0.2) is 35.1 Å². The molecule has 0 saturated heterocycles. The number of aryl methyl sites for hydroxylation is 1. The van der Waals surface area contributed by atoms with E-state index in [4.69, 9.17) is 9.84 Å². The number of nitrogens with zero attached hydrogens (tertiary/aromatic N) is 1. The van der Waals surface area contributed by atoms with Crippen LogP contribution >= 0.6 is 0 Å². The Kier molecular flexibility index (Phi) is 9.32. The van der Waals surface area contributed by atoms with Crippen molar-refractivity contribution in [2.45, 2.75) is 31.9 Å². The summed E-state index contributed by atoms with van der Waals surface area (Å²) in [5.41, 5.74) is -2.32. The number of halogens is 6. The molecule has 0 atom stereocenters. The molecule has 0 fully saturated rings. The molecule has 202 valence electrons. The molecular weight excluding hydrogens is 518 g/mol. The highest BCUT2D eigenvalue weighted by atomic mass is 19.4. The zero-order chi connectivity index (χ0) is 27.9. The fourth-order valence-electron chi connectivity index (χ4n) is 3.47. The lowest BCUT2D eigenvalue weighted by Crippen LogP contribution is -2.25. The van der Waals surface area contributed by atoms with Crippen molar-refractivity contribution in [2.24, 2.45) is 0 Å². The van der Waals surface area contributed by atoms with Gasteiger partial charge in [-0.15, -0.1) is 0 Å². The van der Waals surface area contributed by atoms with E-state index >= 15 is 0 Å². The summed E-state index contributed by atoms with van der Waals surface area (Å²) in [7, 11) is 0. The fraction of sp³-hybridized carbons (Fsp3) is 0.269. The zero-order valence-electron chi connectivity index (χ0n) is 19.7. The Morgan fingerprint density at radius 3 is 2.29 bits per heavy atom. The Hall–Kier alpha value is -4.09. The molecule has 0 radical (unpaired) electrons. The second-order valence-corrected chi connectivity index (χ2v) is 8.18. The molecule has 2 aromatic carbocycles. The molecule has 0 bridgehead atoms. The first-order valence-corrected chi connectivity index (χ1v) is 11.4. The molecule has 0 aliphatic carbocycles. The van der Waals surface area contributed by atoms with E-state index in [-0.39, 0.29) is 31.6 Å². The Balaban J connectivity index is 1.51. The molecule has 0 aliphatic rings. The summed E-state index contributed by atoms with van der Waals surface area (Å²) in [6.07, 6.45) is -3.74. The Morgan fingerprint density at radius 2 is 1.68 bits per heavy atom. The summed E-state index contributed by atoms with van der Waals surface area (Å²) >= 11 is 0. The smallest absolute Gasteiger partial charge is 0.417 e. The predicted molar refractivity (Wildman–Crippen MR) is 124 cm³/mol. The first kappa shape index (κ1) is 28.5. The number of aliphatic carboxylic acids is 1. The largest absolute Gasteiger partial charge is 0.494 e. The molecule has 3 rings (SSSR count). The molecule has 0 unspecified atom stereocenters. The normalized spacial score (nSPS) is 11.3. The third kappa shape index (κ3) is 7.46. The molecule has 0 aliphatic heterocycles. The van der Waals surface area contributed by atoms with Gasteiger partial charge in [-0.2, -0.15) is 13.2 Å². The van der Waals surface area contributed by atoms with Crippen molar-refractivity contribution in [3.63, 3.8) is 0 Å². The molecule has 38 heavy (non-hydrogen) atoms. The summed E-state index contributed by atoms with van der Waals surface area (Å²) in [5, 5.41) is 11.1. The summed E-state index contributed by atoms with van der Waals surface area (Å²) in [6, 6.07) is 8.28. The second kappa shape index (κ2) is 12.4. The van der Waals surface area contributed by atoms with Crippen molar-refractivity contribution >= 4 is 11.9 Å². The van der Waals surface area contributed by atoms with Crippen LogP contribution in [0.15, 0.2) is 48.7 Å². The maximum atomic E-state index is 14.6.